The van der Waals surface area contributed by atoms with Crippen molar-refractivity contribution in [1.82, 2.24) is 15.6 Å². The van der Waals surface area contributed by atoms with Crippen LogP contribution in [0.2, 0.25) is 0 Å². The van der Waals surface area contributed by atoms with Gasteiger partial charge in [-0.3, -0.25) is 33.8 Å². The molecule has 0 aliphatic carbocycles. The molecule has 0 bridgehead atoms. The monoisotopic (exact) mass is 642 g/mol. The van der Waals surface area contributed by atoms with Crippen LogP contribution in [0.4, 0.5) is 0 Å². The molecule has 47 heavy (non-hydrogen) atoms. The Morgan fingerprint density at radius 1 is 0.830 bits per heavy atom. The molecule has 0 aliphatic heterocycles. The highest BCUT2D eigenvalue weighted by molar-refractivity contribution is 6.38. The van der Waals surface area contributed by atoms with Crippen molar-refractivity contribution < 1.29 is 28.8 Å². The van der Waals surface area contributed by atoms with Crippen molar-refractivity contribution in [3.63, 3.8) is 0 Å². The average Bonchev–Trinajstić information content (AvgIpc) is 3.04. The fourth-order valence-electron chi connectivity index (χ4n) is 5.55. The average molecular weight is 643 g/mol. The Morgan fingerprint density at radius 2 is 1.51 bits per heavy atom. The number of aromatic nitrogens is 1. The van der Waals surface area contributed by atoms with Gasteiger partial charge in [-0.05, 0) is 53.1 Å². The second kappa shape index (κ2) is 17.8. The van der Waals surface area contributed by atoms with Gasteiger partial charge in [0.1, 0.15) is 5.78 Å². The number of carbonyl (C=O) groups excluding carboxylic acids is 6. The number of hydrogen-bond acceptors (Lipinski definition) is 7. The first kappa shape index (κ1) is 36.7. The molecule has 1 aromatic heterocycles. The number of fused-ring (bicyclic) bond motifs is 1. The number of rotatable bonds is 19. The van der Waals surface area contributed by atoms with Crippen molar-refractivity contribution in [1.29, 1.82) is 0 Å². The Kier molecular flexibility index (Phi) is 13.9. The Balaban J connectivity index is 1.60. The number of ketones is 3. The lowest BCUT2D eigenvalue weighted by molar-refractivity contribution is -0.142. The molecule has 2 aromatic carbocycles. The topological polar surface area (TPSA) is 165 Å². The summed E-state index contributed by atoms with van der Waals surface area (Å²) in [6.45, 7) is 6.99. The van der Waals surface area contributed by atoms with Crippen molar-refractivity contribution in [3.05, 3.63) is 78.1 Å². The first-order chi connectivity index (χ1) is 22.4. The lowest BCUT2D eigenvalue weighted by atomic mass is 9.88. The van der Waals surface area contributed by atoms with E-state index in [9.17, 15) is 28.8 Å². The zero-order valence-corrected chi connectivity index (χ0v) is 27.7. The van der Waals surface area contributed by atoms with Crippen LogP contribution in [0.25, 0.3) is 10.8 Å². The molecule has 3 amide bonds. The summed E-state index contributed by atoms with van der Waals surface area (Å²) in [7, 11) is 0. The zero-order chi connectivity index (χ0) is 34.5. The summed E-state index contributed by atoms with van der Waals surface area (Å²) in [6, 6.07) is 17.7. The van der Waals surface area contributed by atoms with E-state index in [-0.39, 0.29) is 37.4 Å². The normalized spacial score (nSPS) is 13.7. The molecule has 3 aromatic rings. The number of nitrogens with two attached hydrogens (primary N) is 1. The smallest absolute Gasteiger partial charge is 0.289 e. The molecule has 0 saturated heterocycles. The lowest BCUT2D eigenvalue weighted by Crippen LogP contribution is -2.52. The number of nitrogens with zero attached hydrogens (tertiary/aromatic N) is 1. The van der Waals surface area contributed by atoms with Crippen LogP contribution in [0.5, 0.6) is 0 Å². The highest BCUT2D eigenvalue weighted by Gasteiger charge is 2.34. The summed E-state index contributed by atoms with van der Waals surface area (Å²) in [6.07, 6.45) is 2.63. The number of amides is 3. The molecule has 0 fully saturated rings. The summed E-state index contributed by atoms with van der Waals surface area (Å²) >= 11 is 0. The van der Waals surface area contributed by atoms with Crippen molar-refractivity contribution in [2.75, 3.05) is 6.54 Å². The van der Waals surface area contributed by atoms with Gasteiger partial charge in [0.25, 0.3) is 5.91 Å². The summed E-state index contributed by atoms with van der Waals surface area (Å²) in [5, 5.41) is 7.15. The van der Waals surface area contributed by atoms with Gasteiger partial charge >= 0.3 is 0 Å². The van der Waals surface area contributed by atoms with Gasteiger partial charge in [0.05, 0.1) is 12.6 Å². The molecule has 1 heterocycles. The third-order valence-corrected chi connectivity index (χ3v) is 8.34. The van der Waals surface area contributed by atoms with Gasteiger partial charge in [-0.25, -0.2) is 0 Å². The molecule has 250 valence electrons. The summed E-state index contributed by atoms with van der Waals surface area (Å²) < 4.78 is 0. The maximum atomic E-state index is 13.4. The van der Waals surface area contributed by atoms with Gasteiger partial charge in [-0.1, -0.05) is 82.6 Å². The molecule has 10 nitrogen and oxygen atoms in total. The van der Waals surface area contributed by atoms with E-state index < -0.39 is 59.6 Å². The molecule has 3 rings (SSSR count). The van der Waals surface area contributed by atoms with Crippen LogP contribution in [0.15, 0.2) is 66.9 Å². The predicted molar refractivity (Wildman–Crippen MR) is 180 cm³/mol. The summed E-state index contributed by atoms with van der Waals surface area (Å²) in [5.41, 5.74) is 7.07. The Labute approximate surface area is 276 Å². The maximum Gasteiger partial charge on any atom is 0.289 e. The number of hydrogen-bond donors (Lipinski definition) is 3. The minimum Gasteiger partial charge on any atom is -0.369 e. The molecule has 4 N–H and O–H groups in total. The summed E-state index contributed by atoms with van der Waals surface area (Å²) in [5.74, 6) is -5.39. The van der Waals surface area contributed by atoms with Gasteiger partial charge < -0.3 is 16.4 Å². The van der Waals surface area contributed by atoms with Gasteiger partial charge in [-0.15, -0.1) is 0 Å². The van der Waals surface area contributed by atoms with E-state index in [1.165, 1.54) is 0 Å². The molecule has 0 spiro atoms. The molecular formula is C37H46N4O6. The SMILES string of the molecule is CCC(C)C(NC(=O)C(CC(=O)Cc1ccccn1)CC(C)C)C(=O)C(=O)NCC(=O)CC(Cc1ccc2ccccc2c1)C(N)=O. The van der Waals surface area contributed by atoms with Crippen LogP contribution in [0, 0.1) is 23.7 Å². The number of nitrogens with one attached hydrogen (secondary N) is 2. The minimum absolute atomic E-state index is 0.0249. The van der Waals surface area contributed by atoms with E-state index in [1.807, 2.05) is 63.2 Å². The van der Waals surface area contributed by atoms with Crippen LogP contribution in [0.3, 0.4) is 0 Å². The molecule has 4 unspecified atom stereocenters. The van der Waals surface area contributed by atoms with Crippen LogP contribution in [-0.4, -0.2) is 52.6 Å². The first-order valence-corrected chi connectivity index (χ1v) is 16.2. The van der Waals surface area contributed by atoms with Gasteiger partial charge in [0.15, 0.2) is 5.78 Å². The Hall–Kier alpha value is -4.73. The van der Waals surface area contributed by atoms with Crippen molar-refractivity contribution in [2.45, 2.75) is 72.3 Å². The van der Waals surface area contributed by atoms with Crippen LogP contribution in [-0.2, 0) is 41.6 Å². The van der Waals surface area contributed by atoms with E-state index in [4.69, 9.17) is 5.73 Å². The molecule has 0 aliphatic rings. The highest BCUT2D eigenvalue weighted by Crippen LogP contribution is 2.21. The van der Waals surface area contributed by atoms with Gasteiger partial charge in [0, 0.05) is 43.0 Å². The number of pyridine rings is 1. The predicted octanol–water partition coefficient (Wildman–Crippen LogP) is 3.92. The summed E-state index contributed by atoms with van der Waals surface area (Å²) in [4.78, 5) is 81.7. The number of carbonyl (C=O) groups is 6. The minimum atomic E-state index is -1.14. The van der Waals surface area contributed by atoms with Crippen LogP contribution in [0.1, 0.15) is 64.6 Å². The van der Waals surface area contributed by atoms with Crippen molar-refractivity contribution in [3.8, 4) is 0 Å². The van der Waals surface area contributed by atoms with Crippen LogP contribution < -0.4 is 16.4 Å². The molecule has 10 heteroatoms. The van der Waals surface area contributed by atoms with E-state index in [2.05, 4.69) is 15.6 Å². The van der Waals surface area contributed by atoms with E-state index in [1.54, 1.807) is 31.3 Å². The number of benzene rings is 2. The third kappa shape index (κ3) is 11.5. The lowest BCUT2D eigenvalue weighted by Gasteiger charge is -2.26. The highest BCUT2D eigenvalue weighted by atomic mass is 16.2. The van der Waals surface area contributed by atoms with E-state index >= 15 is 0 Å². The molecule has 0 saturated carbocycles. The third-order valence-electron chi connectivity index (χ3n) is 8.34. The fraction of sp³-hybridized carbons (Fsp3) is 0.432. The molecule has 4 atom stereocenters. The first-order valence-electron chi connectivity index (χ1n) is 16.2. The van der Waals surface area contributed by atoms with Crippen molar-refractivity contribution in [2.24, 2.45) is 29.4 Å². The number of primary amides is 1. The van der Waals surface area contributed by atoms with Gasteiger partial charge in [-0.2, -0.15) is 0 Å². The van der Waals surface area contributed by atoms with E-state index in [0.717, 1.165) is 16.3 Å². The second-order valence-electron chi connectivity index (χ2n) is 12.7. The molecule has 0 radical (unpaired) electrons. The van der Waals surface area contributed by atoms with Crippen LogP contribution >= 0.6 is 0 Å². The largest absolute Gasteiger partial charge is 0.369 e. The zero-order valence-electron chi connectivity index (χ0n) is 27.7. The van der Waals surface area contributed by atoms with Crippen molar-refractivity contribution >= 4 is 45.8 Å². The number of Topliss-reactive ketones (excluding diaryl/α,β-unsaturated/α-hetero) is 3. The standard InChI is InChI=1S/C37H46N4O6/c1-5-24(4)33(41-36(46)29(16-23(2)3)20-31(42)21-30-12-8-9-15-39-30)34(44)37(47)40-22-32(43)19-28(35(38)45)18-25-13-14-26-10-6-7-11-27(26)17-25/h6-15,17,23-24,28-29,33H,5,16,18-22H2,1-4H3,(H2,38,45)(H,40,47)(H,41,46). The fourth-order valence-corrected chi connectivity index (χ4v) is 5.55. The van der Waals surface area contributed by atoms with E-state index in [0.29, 0.717) is 18.5 Å². The second-order valence-corrected chi connectivity index (χ2v) is 12.7. The Bertz CT molecular complexity index is 1570. The quantitative estimate of drug-likeness (QED) is 0.167. The molecular weight excluding hydrogens is 596 g/mol. The Morgan fingerprint density at radius 3 is 2.15 bits per heavy atom. The van der Waals surface area contributed by atoms with Gasteiger partial charge in [0.2, 0.25) is 17.6 Å². The maximum absolute atomic E-state index is 13.4.